The number of hydrogen-bond donors (Lipinski definition) is 3. The number of likely N-dealkylation sites (tertiary alicyclic amines) is 1. The molecule has 0 aromatic heterocycles. The molecule has 2 fully saturated rings. The van der Waals surface area contributed by atoms with Crippen molar-refractivity contribution >= 4 is 11.6 Å². The highest BCUT2D eigenvalue weighted by atomic mass is 16.3. The molecule has 0 unspecified atom stereocenters. The Hall–Kier alpha value is -2.41. The van der Waals surface area contributed by atoms with Crippen LogP contribution in [0.15, 0.2) is 48.5 Å². The average molecular weight is 410 g/mol. The van der Waals surface area contributed by atoms with Gasteiger partial charge in [0.25, 0.3) is 5.91 Å². The van der Waals surface area contributed by atoms with Gasteiger partial charge < -0.3 is 25.3 Å². The van der Waals surface area contributed by atoms with Gasteiger partial charge in [-0.15, -0.1) is 0 Å². The minimum absolute atomic E-state index is 0.0551. The highest BCUT2D eigenvalue weighted by Crippen LogP contribution is 2.30. The van der Waals surface area contributed by atoms with Crippen molar-refractivity contribution in [3.63, 3.8) is 0 Å². The summed E-state index contributed by atoms with van der Waals surface area (Å²) in [5.41, 5.74) is 4.19. The van der Waals surface area contributed by atoms with Gasteiger partial charge in [-0.05, 0) is 55.1 Å². The molecule has 0 radical (unpaired) electrons. The van der Waals surface area contributed by atoms with Crippen LogP contribution in [0.25, 0.3) is 0 Å². The van der Waals surface area contributed by atoms with E-state index in [-0.39, 0.29) is 5.91 Å². The van der Waals surface area contributed by atoms with Crippen molar-refractivity contribution in [3.05, 3.63) is 65.2 Å². The van der Waals surface area contributed by atoms with Crippen molar-refractivity contribution in [2.24, 2.45) is 0 Å². The summed E-state index contributed by atoms with van der Waals surface area (Å²) in [5.74, 6) is 0.546. The highest BCUT2D eigenvalue weighted by Gasteiger charge is 2.30. The minimum Gasteiger partial charge on any atom is -0.389 e. The predicted octanol–water partition coefficient (Wildman–Crippen LogP) is 1.97. The Morgan fingerprint density at radius 1 is 1.03 bits per heavy atom. The van der Waals surface area contributed by atoms with E-state index in [1.807, 2.05) is 41.1 Å². The second-order valence-electron chi connectivity index (χ2n) is 8.43. The van der Waals surface area contributed by atoms with Gasteiger partial charge in [-0.25, -0.2) is 0 Å². The molecule has 1 amide bonds. The summed E-state index contributed by atoms with van der Waals surface area (Å²) in [6.07, 6.45) is 0.461. The molecule has 30 heavy (non-hydrogen) atoms. The number of hydrogen-bond acceptors (Lipinski definition) is 5. The number of piperidine rings is 1. The van der Waals surface area contributed by atoms with Gasteiger partial charge in [-0.3, -0.25) is 4.79 Å². The van der Waals surface area contributed by atoms with Gasteiger partial charge in [0.05, 0.1) is 12.2 Å². The summed E-state index contributed by atoms with van der Waals surface area (Å²) in [6.45, 7) is 3.15. The second kappa shape index (κ2) is 9.16. The van der Waals surface area contributed by atoms with E-state index < -0.39 is 12.2 Å². The molecule has 2 aromatic carbocycles. The first-order valence-corrected chi connectivity index (χ1v) is 10.8. The standard InChI is InChI=1S/C24H31N3O3/c1-25-14-17-4-2-5-19(12-17)18-8-10-26(11-9-18)24(30)20-6-3-7-21(13-20)27-15-22(28)23(29)16-27/h2-7,12-13,18,22-23,25,28-29H,8-11,14-16H2,1H3/t22-,23+. The number of anilines is 1. The van der Waals surface area contributed by atoms with Gasteiger partial charge in [0.2, 0.25) is 0 Å². The third kappa shape index (κ3) is 4.51. The fourth-order valence-corrected chi connectivity index (χ4v) is 4.58. The van der Waals surface area contributed by atoms with Crippen LogP contribution in [0, 0.1) is 0 Å². The van der Waals surface area contributed by atoms with Crippen LogP contribution >= 0.6 is 0 Å². The van der Waals surface area contributed by atoms with Gasteiger partial charge >= 0.3 is 0 Å². The molecule has 0 aliphatic carbocycles. The predicted molar refractivity (Wildman–Crippen MR) is 118 cm³/mol. The quantitative estimate of drug-likeness (QED) is 0.704. The first-order valence-electron chi connectivity index (χ1n) is 10.8. The molecule has 2 heterocycles. The number of rotatable bonds is 5. The van der Waals surface area contributed by atoms with Crippen LogP contribution < -0.4 is 10.2 Å². The first-order chi connectivity index (χ1) is 14.5. The number of aliphatic hydroxyl groups is 2. The molecule has 2 saturated heterocycles. The molecule has 6 nitrogen and oxygen atoms in total. The van der Waals surface area contributed by atoms with Crippen LogP contribution in [0.5, 0.6) is 0 Å². The summed E-state index contributed by atoms with van der Waals surface area (Å²) in [5, 5.41) is 22.8. The molecule has 3 N–H and O–H groups in total. The van der Waals surface area contributed by atoms with Crippen LogP contribution in [0.3, 0.4) is 0 Å². The number of amides is 1. The summed E-state index contributed by atoms with van der Waals surface area (Å²) in [4.78, 5) is 17.0. The van der Waals surface area contributed by atoms with Crippen molar-refractivity contribution < 1.29 is 15.0 Å². The molecular formula is C24H31N3O3. The lowest BCUT2D eigenvalue weighted by atomic mass is 9.88. The second-order valence-corrected chi connectivity index (χ2v) is 8.43. The highest BCUT2D eigenvalue weighted by molar-refractivity contribution is 5.95. The molecule has 0 spiro atoms. The van der Waals surface area contributed by atoms with Gasteiger partial charge in [-0.1, -0.05) is 30.3 Å². The lowest BCUT2D eigenvalue weighted by Crippen LogP contribution is -2.38. The molecule has 2 aliphatic heterocycles. The van der Waals surface area contributed by atoms with E-state index in [4.69, 9.17) is 0 Å². The summed E-state index contributed by atoms with van der Waals surface area (Å²) < 4.78 is 0. The normalized spacial score (nSPS) is 22.5. The number of benzene rings is 2. The SMILES string of the molecule is CNCc1cccc(C2CCN(C(=O)c3cccc(N4C[C@@H](O)[C@@H](O)C4)c3)CC2)c1. The Morgan fingerprint density at radius 3 is 2.43 bits per heavy atom. The monoisotopic (exact) mass is 409 g/mol. The van der Waals surface area contributed by atoms with E-state index in [1.54, 1.807) is 0 Å². The van der Waals surface area contributed by atoms with E-state index >= 15 is 0 Å². The summed E-state index contributed by atoms with van der Waals surface area (Å²) in [7, 11) is 1.96. The molecule has 2 aliphatic rings. The van der Waals surface area contributed by atoms with Crippen LogP contribution in [0.1, 0.15) is 40.2 Å². The molecule has 0 saturated carbocycles. The van der Waals surface area contributed by atoms with E-state index in [0.717, 1.165) is 38.2 Å². The minimum atomic E-state index is -0.741. The zero-order valence-electron chi connectivity index (χ0n) is 17.5. The van der Waals surface area contributed by atoms with Crippen molar-refractivity contribution in [3.8, 4) is 0 Å². The van der Waals surface area contributed by atoms with E-state index in [2.05, 4.69) is 29.6 Å². The number of carbonyl (C=O) groups excluding carboxylic acids is 1. The zero-order chi connectivity index (χ0) is 21.1. The van der Waals surface area contributed by atoms with E-state index in [9.17, 15) is 15.0 Å². The topological polar surface area (TPSA) is 76.0 Å². The molecule has 0 bridgehead atoms. The molecule has 2 aromatic rings. The fourth-order valence-electron chi connectivity index (χ4n) is 4.58. The smallest absolute Gasteiger partial charge is 0.253 e. The average Bonchev–Trinajstić information content (AvgIpc) is 3.12. The molecule has 6 heteroatoms. The lowest BCUT2D eigenvalue weighted by Gasteiger charge is -2.32. The molecular weight excluding hydrogens is 378 g/mol. The Kier molecular flexibility index (Phi) is 6.37. The van der Waals surface area contributed by atoms with Crippen molar-refractivity contribution in [2.75, 3.05) is 38.1 Å². The Morgan fingerprint density at radius 2 is 1.73 bits per heavy atom. The van der Waals surface area contributed by atoms with Crippen LogP contribution in [0.2, 0.25) is 0 Å². The van der Waals surface area contributed by atoms with Gasteiger partial charge in [0.15, 0.2) is 0 Å². The summed E-state index contributed by atoms with van der Waals surface area (Å²) >= 11 is 0. The Labute approximate surface area is 178 Å². The summed E-state index contributed by atoms with van der Waals surface area (Å²) in [6, 6.07) is 16.3. The fraction of sp³-hybridized carbons (Fsp3) is 0.458. The Bertz CT molecular complexity index is 870. The van der Waals surface area contributed by atoms with Crippen LogP contribution in [0.4, 0.5) is 5.69 Å². The Balaban J connectivity index is 1.39. The van der Waals surface area contributed by atoms with Crippen LogP contribution in [-0.4, -0.2) is 66.5 Å². The van der Waals surface area contributed by atoms with Crippen molar-refractivity contribution in [1.82, 2.24) is 10.2 Å². The van der Waals surface area contributed by atoms with Crippen molar-refractivity contribution in [1.29, 1.82) is 0 Å². The zero-order valence-corrected chi connectivity index (χ0v) is 17.5. The first kappa shape index (κ1) is 20.8. The number of nitrogens with zero attached hydrogens (tertiary/aromatic N) is 2. The number of nitrogens with one attached hydrogen (secondary N) is 1. The maximum atomic E-state index is 13.1. The molecule has 160 valence electrons. The maximum absolute atomic E-state index is 13.1. The van der Waals surface area contributed by atoms with Crippen molar-refractivity contribution in [2.45, 2.75) is 37.5 Å². The van der Waals surface area contributed by atoms with Crippen LogP contribution in [-0.2, 0) is 6.54 Å². The number of aliphatic hydroxyl groups excluding tert-OH is 2. The van der Waals surface area contributed by atoms with Gasteiger partial charge in [-0.2, -0.15) is 0 Å². The molecule has 4 rings (SSSR count). The third-order valence-electron chi connectivity index (χ3n) is 6.30. The largest absolute Gasteiger partial charge is 0.389 e. The lowest BCUT2D eigenvalue weighted by molar-refractivity contribution is 0.0572. The van der Waals surface area contributed by atoms with Gasteiger partial charge in [0, 0.05) is 44.0 Å². The maximum Gasteiger partial charge on any atom is 0.253 e. The number of β-amino-alcohol motifs (C(OH)–C–C–N with tert-alkyl or cyclic N) is 2. The third-order valence-corrected chi connectivity index (χ3v) is 6.30. The van der Waals surface area contributed by atoms with E-state index in [1.165, 1.54) is 11.1 Å². The van der Waals surface area contributed by atoms with Gasteiger partial charge in [0.1, 0.15) is 0 Å². The molecule has 2 atom stereocenters. The van der Waals surface area contributed by atoms with E-state index in [0.29, 0.717) is 24.6 Å². The number of carbonyl (C=O) groups is 1.